The first-order valence-electron chi connectivity index (χ1n) is 6.57. The Bertz CT molecular complexity index is 272. The van der Waals surface area contributed by atoms with Crippen LogP contribution in [-0.2, 0) is 9.53 Å². The number of rotatable bonds is 2. The second-order valence-electron chi connectivity index (χ2n) is 4.89. The average Bonchev–Trinajstić information content (AvgIpc) is 2.38. The molecule has 0 bridgehead atoms. The number of ether oxygens (including phenoxy) is 1. The van der Waals surface area contributed by atoms with Gasteiger partial charge in [0.25, 0.3) is 5.91 Å². The van der Waals surface area contributed by atoms with E-state index < -0.39 is 0 Å². The molecule has 1 N–H and O–H groups in total. The number of hydrogen-bond acceptors (Lipinski definition) is 4. The molecule has 0 aromatic carbocycles. The molecule has 2 fully saturated rings. The van der Waals surface area contributed by atoms with Gasteiger partial charge >= 0.3 is 0 Å². The van der Waals surface area contributed by atoms with E-state index in [1.165, 1.54) is 0 Å². The van der Waals surface area contributed by atoms with Gasteiger partial charge in [-0.25, -0.2) is 0 Å². The van der Waals surface area contributed by atoms with Crippen LogP contribution in [0.2, 0.25) is 0 Å². The number of hydrogen-bond donors (Lipinski definition) is 1. The van der Waals surface area contributed by atoms with Crippen LogP contribution >= 0.6 is 0 Å². The Kier molecular flexibility index (Phi) is 4.36. The van der Waals surface area contributed by atoms with E-state index in [4.69, 9.17) is 4.74 Å². The predicted octanol–water partition coefficient (Wildman–Crippen LogP) is -0.473. The number of morpholine rings is 1. The minimum absolute atomic E-state index is 0.163. The maximum Gasteiger partial charge on any atom is 0.253 e. The molecule has 2 atom stereocenters. The van der Waals surface area contributed by atoms with E-state index in [1.54, 1.807) is 0 Å². The van der Waals surface area contributed by atoms with Crippen LogP contribution in [0, 0.1) is 0 Å². The maximum atomic E-state index is 12.3. The first-order chi connectivity index (χ1) is 8.20. The fraction of sp³-hybridized carbons (Fsp3) is 0.917. The first kappa shape index (κ1) is 12.8. The van der Waals surface area contributed by atoms with E-state index in [-0.39, 0.29) is 12.0 Å². The van der Waals surface area contributed by atoms with Gasteiger partial charge in [0, 0.05) is 38.8 Å². The molecule has 5 heteroatoms. The highest BCUT2D eigenvalue weighted by Gasteiger charge is 2.31. The third kappa shape index (κ3) is 3.18. The van der Waals surface area contributed by atoms with Crippen molar-refractivity contribution in [2.45, 2.75) is 26.0 Å². The second kappa shape index (κ2) is 5.80. The minimum atomic E-state index is -0.256. The monoisotopic (exact) mass is 241 g/mol. The molecular weight excluding hydrogens is 218 g/mol. The highest BCUT2D eigenvalue weighted by Crippen LogP contribution is 2.10. The van der Waals surface area contributed by atoms with Gasteiger partial charge in [0.15, 0.2) is 0 Å². The lowest BCUT2D eigenvalue weighted by Gasteiger charge is -2.37. The standard InChI is InChI=1S/C12H23N3O2/c1-3-14-6-7-17-11(9-14)12(16)15-5-4-13-10(2)8-15/h10-11,13H,3-9H2,1-2H3. The largest absolute Gasteiger partial charge is 0.366 e. The zero-order chi connectivity index (χ0) is 12.3. The Morgan fingerprint density at radius 3 is 2.94 bits per heavy atom. The summed E-state index contributed by atoms with van der Waals surface area (Å²) in [5.41, 5.74) is 0. The van der Waals surface area contributed by atoms with Crippen molar-refractivity contribution < 1.29 is 9.53 Å². The number of piperazine rings is 1. The number of carbonyl (C=O) groups excluding carboxylic acids is 1. The van der Waals surface area contributed by atoms with Crippen LogP contribution < -0.4 is 5.32 Å². The summed E-state index contributed by atoms with van der Waals surface area (Å²) in [4.78, 5) is 16.5. The lowest BCUT2D eigenvalue weighted by molar-refractivity contribution is -0.150. The fourth-order valence-electron chi connectivity index (χ4n) is 2.48. The van der Waals surface area contributed by atoms with E-state index in [1.807, 2.05) is 4.90 Å². The Hall–Kier alpha value is -0.650. The van der Waals surface area contributed by atoms with Crippen molar-refractivity contribution in [1.82, 2.24) is 15.1 Å². The molecule has 0 aliphatic carbocycles. The third-order valence-electron chi connectivity index (χ3n) is 3.55. The molecule has 2 aliphatic rings. The van der Waals surface area contributed by atoms with E-state index >= 15 is 0 Å². The number of amides is 1. The summed E-state index contributed by atoms with van der Waals surface area (Å²) in [6.45, 7) is 10.1. The Morgan fingerprint density at radius 2 is 2.24 bits per heavy atom. The van der Waals surface area contributed by atoms with Crippen molar-refractivity contribution in [3.8, 4) is 0 Å². The van der Waals surface area contributed by atoms with Crippen molar-refractivity contribution in [2.75, 3.05) is 45.9 Å². The molecule has 0 saturated carbocycles. The third-order valence-corrected chi connectivity index (χ3v) is 3.55. The molecule has 2 unspecified atom stereocenters. The molecular formula is C12H23N3O2. The van der Waals surface area contributed by atoms with Gasteiger partial charge in [0.05, 0.1) is 6.61 Å². The number of likely N-dealkylation sites (N-methyl/N-ethyl adjacent to an activating group) is 1. The lowest BCUT2D eigenvalue weighted by atomic mass is 10.2. The predicted molar refractivity (Wildman–Crippen MR) is 65.9 cm³/mol. The summed E-state index contributed by atoms with van der Waals surface area (Å²) in [6, 6.07) is 0.388. The van der Waals surface area contributed by atoms with Crippen molar-refractivity contribution in [1.29, 1.82) is 0 Å². The first-order valence-corrected chi connectivity index (χ1v) is 6.57. The normalized spacial score (nSPS) is 31.5. The highest BCUT2D eigenvalue weighted by molar-refractivity contribution is 5.81. The van der Waals surface area contributed by atoms with Crippen molar-refractivity contribution in [3.05, 3.63) is 0 Å². The van der Waals surface area contributed by atoms with Gasteiger partial charge in [-0.3, -0.25) is 9.69 Å². The van der Waals surface area contributed by atoms with Gasteiger partial charge < -0.3 is 15.0 Å². The maximum absolute atomic E-state index is 12.3. The minimum Gasteiger partial charge on any atom is -0.366 e. The summed E-state index contributed by atoms with van der Waals surface area (Å²) >= 11 is 0. The van der Waals surface area contributed by atoms with Crippen LogP contribution in [0.3, 0.4) is 0 Å². The van der Waals surface area contributed by atoms with Gasteiger partial charge in [-0.15, -0.1) is 0 Å². The Balaban J connectivity index is 1.89. The molecule has 5 nitrogen and oxygen atoms in total. The SMILES string of the molecule is CCN1CCOC(C(=O)N2CCNC(C)C2)C1. The molecule has 0 radical (unpaired) electrons. The Labute approximate surface area is 103 Å². The van der Waals surface area contributed by atoms with E-state index in [2.05, 4.69) is 24.1 Å². The molecule has 0 spiro atoms. The van der Waals surface area contributed by atoms with Crippen LogP contribution in [-0.4, -0.2) is 73.7 Å². The van der Waals surface area contributed by atoms with Gasteiger partial charge in [-0.1, -0.05) is 6.92 Å². The molecule has 98 valence electrons. The average molecular weight is 241 g/mol. The molecule has 2 saturated heterocycles. The highest BCUT2D eigenvalue weighted by atomic mass is 16.5. The van der Waals surface area contributed by atoms with Gasteiger partial charge in [-0.2, -0.15) is 0 Å². The topological polar surface area (TPSA) is 44.8 Å². The summed E-state index contributed by atoms with van der Waals surface area (Å²) in [7, 11) is 0. The van der Waals surface area contributed by atoms with Crippen molar-refractivity contribution in [2.24, 2.45) is 0 Å². The quantitative estimate of drug-likeness (QED) is 0.710. The van der Waals surface area contributed by atoms with Crippen LogP contribution in [0.4, 0.5) is 0 Å². The molecule has 17 heavy (non-hydrogen) atoms. The number of nitrogens with zero attached hydrogens (tertiary/aromatic N) is 2. The van der Waals surface area contributed by atoms with Gasteiger partial charge in [0.2, 0.25) is 0 Å². The van der Waals surface area contributed by atoms with Gasteiger partial charge in [-0.05, 0) is 13.5 Å². The molecule has 2 heterocycles. The molecule has 1 amide bonds. The fourth-order valence-corrected chi connectivity index (χ4v) is 2.48. The number of nitrogens with one attached hydrogen (secondary N) is 1. The lowest BCUT2D eigenvalue weighted by Crippen LogP contribution is -2.57. The summed E-state index contributed by atoms with van der Waals surface area (Å²) in [5, 5.41) is 3.34. The summed E-state index contributed by atoms with van der Waals surface area (Å²) in [6.07, 6.45) is -0.256. The Morgan fingerprint density at radius 1 is 1.41 bits per heavy atom. The van der Waals surface area contributed by atoms with Crippen LogP contribution in [0.25, 0.3) is 0 Å². The van der Waals surface area contributed by atoms with Gasteiger partial charge in [0.1, 0.15) is 6.10 Å². The van der Waals surface area contributed by atoms with E-state index in [0.29, 0.717) is 12.6 Å². The zero-order valence-electron chi connectivity index (χ0n) is 10.8. The second-order valence-corrected chi connectivity index (χ2v) is 4.89. The van der Waals surface area contributed by atoms with Crippen LogP contribution in [0.1, 0.15) is 13.8 Å². The van der Waals surface area contributed by atoms with Crippen molar-refractivity contribution >= 4 is 5.91 Å². The van der Waals surface area contributed by atoms with E-state index in [0.717, 1.165) is 39.3 Å². The van der Waals surface area contributed by atoms with E-state index in [9.17, 15) is 4.79 Å². The molecule has 0 aromatic heterocycles. The van der Waals surface area contributed by atoms with Crippen molar-refractivity contribution in [3.63, 3.8) is 0 Å². The molecule has 2 rings (SSSR count). The number of carbonyl (C=O) groups is 1. The van der Waals surface area contributed by atoms with Crippen LogP contribution in [0.5, 0.6) is 0 Å². The summed E-state index contributed by atoms with van der Waals surface area (Å²) < 4.78 is 5.61. The van der Waals surface area contributed by atoms with Crippen LogP contribution in [0.15, 0.2) is 0 Å². The molecule has 2 aliphatic heterocycles. The molecule has 0 aromatic rings. The smallest absolute Gasteiger partial charge is 0.253 e. The summed E-state index contributed by atoms with van der Waals surface area (Å²) in [5.74, 6) is 0.163. The zero-order valence-corrected chi connectivity index (χ0v) is 10.8.